The molecule has 1 N–H and O–H groups in total. The summed E-state index contributed by atoms with van der Waals surface area (Å²) < 4.78 is 30.5. The van der Waals surface area contributed by atoms with E-state index >= 15 is 0 Å². The van der Waals surface area contributed by atoms with Crippen molar-refractivity contribution in [1.82, 2.24) is 0 Å². The van der Waals surface area contributed by atoms with Gasteiger partial charge in [0.25, 0.3) is 0 Å². The van der Waals surface area contributed by atoms with E-state index in [0.717, 1.165) is 12.2 Å². The van der Waals surface area contributed by atoms with Crippen molar-refractivity contribution < 1.29 is 18.2 Å². The van der Waals surface area contributed by atoms with E-state index in [1.165, 1.54) is 0 Å². The molecule has 1 aromatic carbocycles. The molecule has 0 aliphatic heterocycles. The maximum absolute atomic E-state index is 10.8. The monoisotopic (exact) mass is 266 g/mol. The predicted molar refractivity (Wildman–Crippen MR) is 68.7 cm³/mol. The Balaban J connectivity index is 2.00. The second-order valence-electron chi connectivity index (χ2n) is 3.80. The Morgan fingerprint density at radius 3 is 2.56 bits per heavy atom. The van der Waals surface area contributed by atoms with Crippen LogP contribution in [-0.4, -0.2) is 22.0 Å². The Morgan fingerprint density at radius 2 is 2.06 bits per heavy atom. The summed E-state index contributed by atoms with van der Waals surface area (Å²) >= 11 is -1.95. The van der Waals surface area contributed by atoms with Gasteiger partial charge in [-0.1, -0.05) is 6.08 Å². The molecular formula is C13H14O4S. The zero-order valence-electron chi connectivity index (χ0n) is 9.91. The Morgan fingerprint density at radius 1 is 1.33 bits per heavy atom. The molecule has 2 unspecified atom stereocenters. The maximum atomic E-state index is 10.8. The van der Waals surface area contributed by atoms with Gasteiger partial charge in [0.05, 0.1) is 11.0 Å². The summed E-state index contributed by atoms with van der Waals surface area (Å²) in [6.45, 7) is 0. The first kappa shape index (κ1) is 13.0. The van der Waals surface area contributed by atoms with Gasteiger partial charge in [-0.25, -0.2) is 4.21 Å². The van der Waals surface area contributed by atoms with E-state index in [1.807, 2.05) is 18.2 Å². The van der Waals surface area contributed by atoms with Gasteiger partial charge in [0, 0.05) is 7.11 Å². The number of hydrogen-bond donors (Lipinski definition) is 1. The van der Waals surface area contributed by atoms with Gasteiger partial charge in [0.15, 0.2) is 11.1 Å². The van der Waals surface area contributed by atoms with E-state index in [0.29, 0.717) is 10.6 Å². The first-order chi connectivity index (χ1) is 8.69. The van der Waals surface area contributed by atoms with Crippen molar-refractivity contribution in [2.75, 3.05) is 7.11 Å². The lowest BCUT2D eigenvalue weighted by Gasteiger charge is -2.15. The minimum atomic E-state index is -1.95. The molecule has 5 heteroatoms. The molecule has 1 aliphatic rings. The Kier molecular flexibility index (Phi) is 4.30. The van der Waals surface area contributed by atoms with Crippen LogP contribution < -0.4 is 4.74 Å². The first-order valence-corrected chi connectivity index (χ1v) is 6.59. The molecule has 1 aliphatic carbocycles. The van der Waals surface area contributed by atoms with Crippen molar-refractivity contribution >= 4 is 11.1 Å². The molecule has 0 fully saturated rings. The van der Waals surface area contributed by atoms with Crippen LogP contribution in [0, 0.1) is 0 Å². The number of ether oxygens (including phenoxy) is 2. The van der Waals surface area contributed by atoms with Gasteiger partial charge in [-0.05, 0) is 42.8 Å². The van der Waals surface area contributed by atoms with Crippen LogP contribution in [0.1, 0.15) is 6.42 Å². The second kappa shape index (κ2) is 5.95. The first-order valence-electron chi connectivity index (χ1n) is 5.49. The van der Waals surface area contributed by atoms with Crippen LogP contribution in [0.2, 0.25) is 0 Å². The molecule has 0 aromatic heterocycles. The highest BCUT2D eigenvalue weighted by Gasteiger charge is 2.08. The van der Waals surface area contributed by atoms with Crippen LogP contribution in [0.25, 0.3) is 0 Å². The van der Waals surface area contributed by atoms with Gasteiger partial charge in [-0.15, -0.1) is 0 Å². The van der Waals surface area contributed by atoms with Crippen LogP contribution in [0.15, 0.2) is 53.1 Å². The second-order valence-corrected chi connectivity index (χ2v) is 4.77. The third-order valence-electron chi connectivity index (χ3n) is 2.59. The predicted octanol–water partition coefficient (Wildman–Crippen LogP) is 2.50. The summed E-state index contributed by atoms with van der Waals surface area (Å²) in [4.78, 5) is 0.356. The summed E-state index contributed by atoms with van der Waals surface area (Å²) in [5.41, 5.74) is 0. The van der Waals surface area contributed by atoms with Crippen molar-refractivity contribution in [3.8, 4) is 5.75 Å². The number of rotatable bonds is 4. The van der Waals surface area contributed by atoms with Gasteiger partial charge >= 0.3 is 0 Å². The lowest BCUT2D eigenvalue weighted by atomic mass is 10.1. The average molecular weight is 266 g/mol. The summed E-state index contributed by atoms with van der Waals surface area (Å²) in [7, 11) is 1.67. The molecule has 0 saturated carbocycles. The standard InChI is InChI=1S/C13H14O4S/c1-16-10-2-4-11(5-3-10)17-12-6-8-13(9-7-12)18(14)15/h2,4-10H,3H2,1H3,(H,14,15). The fraction of sp³-hybridized carbons (Fsp3) is 0.231. The van der Waals surface area contributed by atoms with Gasteiger partial charge < -0.3 is 14.0 Å². The van der Waals surface area contributed by atoms with E-state index in [9.17, 15) is 4.21 Å². The number of hydrogen-bond acceptors (Lipinski definition) is 3. The zero-order valence-corrected chi connectivity index (χ0v) is 10.7. The van der Waals surface area contributed by atoms with Gasteiger partial charge in [0.1, 0.15) is 11.5 Å². The highest BCUT2D eigenvalue weighted by Crippen LogP contribution is 2.20. The fourth-order valence-electron chi connectivity index (χ4n) is 1.59. The van der Waals surface area contributed by atoms with Crippen molar-refractivity contribution in [3.05, 3.63) is 48.3 Å². The van der Waals surface area contributed by atoms with Gasteiger partial charge in [-0.2, -0.15) is 0 Å². The topological polar surface area (TPSA) is 55.8 Å². The van der Waals surface area contributed by atoms with Crippen molar-refractivity contribution in [1.29, 1.82) is 0 Å². The van der Waals surface area contributed by atoms with E-state index in [4.69, 9.17) is 14.0 Å². The van der Waals surface area contributed by atoms with Crippen LogP contribution in [0.5, 0.6) is 5.75 Å². The van der Waals surface area contributed by atoms with E-state index in [2.05, 4.69) is 0 Å². The molecule has 2 rings (SSSR count). The molecule has 96 valence electrons. The van der Waals surface area contributed by atoms with Crippen LogP contribution in [0.4, 0.5) is 0 Å². The molecule has 4 nitrogen and oxygen atoms in total. The molecule has 2 atom stereocenters. The maximum Gasteiger partial charge on any atom is 0.186 e. The number of benzene rings is 1. The zero-order chi connectivity index (χ0) is 13.0. The Labute approximate surface area is 108 Å². The molecule has 0 bridgehead atoms. The number of allylic oxidation sites excluding steroid dienone is 1. The molecule has 0 saturated heterocycles. The minimum Gasteiger partial charge on any atom is -0.458 e. The lowest BCUT2D eigenvalue weighted by molar-refractivity contribution is 0.141. The largest absolute Gasteiger partial charge is 0.458 e. The smallest absolute Gasteiger partial charge is 0.186 e. The minimum absolute atomic E-state index is 0.108. The van der Waals surface area contributed by atoms with Crippen LogP contribution >= 0.6 is 0 Å². The SMILES string of the molecule is COC1C=CC(Oc2ccc(S(=O)O)cc2)=CC1. The molecule has 18 heavy (non-hydrogen) atoms. The normalized spacial score (nSPS) is 20.3. The molecule has 0 heterocycles. The third-order valence-corrected chi connectivity index (χ3v) is 3.27. The fourth-order valence-corrected chi connectivity index (χ4v) is 1.96. The molecule has 0 radical (unpaired) electrons. The molecule has 0 spiro atoms. The van der Waals surface area contributed by atoms with Crippen LogP contribution in [-0.2, 0) is 15.8 Å². The van der Waals surface area contributed by atoms with Crippen LogP contribution in [0.3, 0.4) is 0 Å². The van der Waals surface area contributed by atoms with Gasteiger partial charge in [0.2, 0.25) is 0 Å². The molecule has 0 amide bonds. The highest BCUT2D eigenvalue weighted by molar-refractivity contribution is 7.79. The molecule has 1 aromatic rings. The van der Waals surface area contributed by atoms with Gasteiger partial charge in [-0.3, -0.25) is 0 Å². The van der Waals surface area contributed by atoms with E-state index < -0.39 is 11.1 Å². The van der Waals surface area contributed by atoms with E-state index in [-0.39, 0.29) is 6.10 Å². The number of methoxy groups -OCH3 is 1. The summed E-state index contributed by atoms with van der Waals surface area (Å²) in [6, 6.07) is 6.47. The molecular weight excluding hydrogens is 252 g/mol. The van der Waals surface area contributed by atoms with Crippen molar-refractivity contribution in [3.63, 3.8) is 0 Å². The highest BCUT2D eigenvalue weighted by atomic mass is 32.2. The summed E-state index contributed by atoms with van der Waals surface area (Å²) in [5.74, 6) is 1.39. The Bertz CT molecular complexity index is 490. The Hall–Kier alpha value is -1.43. The lowest BCUT2D eigenvalue weighted by Crippen LogP contribution is -2.10. The van der Waals surface area contributed by atoms with Crippen molar-refractivity contribution in [2.24, 2.45) is 0 Å². The quantitative estimate of drug-likeness (QED) is 0.851. The van der Waals surface area contributed by atoms with E-state index in [1.54, 1.807) is 31.4 Å². The average Bonchev–Trinajstić information content (AvgIpc) is 2.40. The summed E-state index contributed by atoms with van der Waals surface area (Å²) in [6.07, 6.45) is 6.63. The third kappa shape index (κ3) is 3.29. The van der Waals surface area contributed by atoms with Crippen molar-refractivity contribution in [2.45, 2.75) is 17.4 Å². The summed E-state index contributed by atoms with van der Waals surface area (Å²) in [5, 5.41) is 0.